The van der Waals surface area contributed by atoms with Crippen LogP contribution in [0.1, 0.15) is 80.2 Å². The van der Waals surface area contributed by atoms with Gasteiger partial charge in [0.1, 0.15) is 5.75 Å². The molecule has 3 aromatic rings. The van der Waals surface area contributed by atoms with Crippen LogP contribution in [0.2, 0.25) is 0 Å². The second kappa shape index (κ2) is 10.8. The Labute approximate surface area is 207 Å². The highest BCUT2D eigenvalue weighted by molar-refractivity contribution is 5.70. The lowest BCUT2D eigenvalue weighted by Gasteiger charge is -2.16. The molecule has 35 heavy (non-hydrogen) atoms. The van der Waals surface area contributed by atoms with Gasteiger partial charge in [-0.2, -0.15) is 0 Å². The summed E-state index contributed by atoms with van der Waals surface area (Å²) in [6.45, 7) is 8.15. The fourth-order valence-electron chi connectivity index (χ4n) is 4.36. The molecule has 1 N–H and O–H groups in total. The number of benzene rings is 2. The van der Waals surface area contributed by atoms with Crippen molar-refractivity contribution in [3.63, 3.8) is 0 Å². The highest BCUT2D eigenvalue weighted by Gasteiger charge is 2.23. The van der Waals surface area contributed by atoms with Crippen molar-refractivity contribution in [1.29, 1.82) is 0 Å². The smallest absolute Gasteiger partial charge is 0.303 e. The molecule has 0 aliphatic heterocycles. The van der Waals surface area contributed by atoms with Crippen molar-refractivity contribution in [2.75, 3.05) is 0 Å². The molecule has 0 saturated heterocycles. The maximum Gasteiger partial charge on any atom is 0.303 e. The van der Waals surface area contributed by atoms with Gasteiger partial charge in [0.05, 0.1) is 5.69 Å². The second-order valence-electron chi connectivity index (χ2n) is 9.40. The van der Waals surface area contributed by atoms with Crippen LogP contribution < -0.4 is 4.74 Å². The van der Waals surface area contributed by atoms with Gasteiger partial charge in [0.15, 0.2) is 11.9 Å². The third kappa shape index (κ3) is 5.91. The molecule has 0 fully saturated rings. The van der Waals surface area contributed by atoms with Crippen molar-refractivity contribution in [3.8, 4) is 17.2 Å². The first-order valence-corrected chi connectivity index (χ1v) is 12.3. The van der Waals surface area contributed by atoms with E-state index in [1.165, 1.54) is 11.1 Å². The molecule has 2 aromatic carbocycles. The number of ether oxygens (including phenoxy) is 1. The quantitative estimate of drug-likeness (QED) is 0.347. The van der Waals surface area contributed by atoms with E-state index in [0.29, 0.717) is 12.3 Å². The molecule has 0 saturated carbocycles. The molecule has 5 nitrogen and oxygen atoms in total. The van der Waals surface area contributed by atoms with Crippen molar-refractivity contribution >= 4 is 11.5 Å². The predicted molar refractivity (Wildman–Crippen MR) is 139 cm³/mol. The third-order valence-electron chi connectivity index (χ3n) is 6.35. The number of hydrogen-bond acceptors (Lipinski definition) is 4. The van der Waals surface area contributed by atoms with E-state index < -0.39 is 5.97 Å². The Balaban J connectivity index is 1.53. The minimum Gasteiger partial charge on any atom is -0.483 e. The molecule has 1 atom stereocenters. The normalized spacial score (nSPS) is 14.1. The van der Waals surface area contributed by atoms with Gasteiger partial charge in [-0.1, -0.05) is 50.3 Å². The van der Waals surface area contributed by atoms with Crippen LogP contribution in [0, 0.1) is 6.92 Å². The first-order valence-electron chi connectivity index (χ1n) is 12.3. The van der Waals surface area contributed by atoms with Gasteiger partial charge in [0.2, 0.25) is 5.89 Å². The highest BCUT2D eigenvalue weighted by atomic mass is 16.5. The minimum atomic E-state index is -0.793. The Kier molecular flexibility index (Phi) is 7.54. The van der Waals surface area contributed by atoms with Gasteiger partial charge in [-0.15, -0.1) is 0 Å². The molecule has 4 rings (SSSR count). The monoisotopic (exact) mass is 471 g/mol. The summed E-state index contributed by atoms with van der Waals surface area (Å²) in [7, 11) is 0. The van der Waals surface area contributed by atoms with Crippen molar-refractivity contribution in [3.05, 3.63) is 88.8 Å². The van der Waals surface area contributed by atoms with Crippen LogP contribution in [0.5, 0.6) is 5.75 Å². The summed E-state index contributed by atoms with van der Waals surface area (Å²) in [4.78, 5) is 15.7. The van der Waals surface area contributed by atoms with Crippen molar-refractivity contribution in [2.45, 2.75) is 65.4 Å². The van der Waals surface area contributed by atoms with E-state index in [9.17, 15) is 4.79 Å². The summed E-state index contributed by atoms with van der Waals surface area (Å²) < 4.78 is 12.5. The summed E-state index contributed by atoms with van der Waals surface area (Å²) in [5.41, 5.74) is 6.45. The number of nitrogens with zero attached hydrogens (tertiary/aromatic N) is 1. The van der Waals surface area contributed by atoms with Crippen molar-refractivity contribution in [2.24, 2.45) is 0 Å². The van der Waals surface area contributed by atoms with E-state index in [1.807, 2.05) is 32.0 Å². The van der Waals surface area contributed by atoms with Crippen molar-refractivity contribution < 1.29 is 19.1 Å². The molecule has 0 bridgehead atoms. The Morgan fingerprint density at radius 1 is 1.11 bits per heavy atom. The number of oxazole rings is 1. The van der Waals surface area contributed by atoms with E-state index in [1.54, 1.807) is 0 Å². The lowest BCUT2D eigenvalue weighted by atomic mass is 9.97. The lowest BCUT2D eigenvalue weighted by Crippen LogP contribution is -2.06. The zero-order valence-corrected chi connectivity index (χ0v) is 20.9. The summed E-state index contributed by atoms with van der Waals surface area (Å²) >= 11 is 0. The van der Waals surface area contributed by atoms with Gasteiger partial charge in [-0.05, 0) is 85.6 Å². The number of carbonyl (C=O) groups is 1. The van der Waals surface area contributed by atoms with Crippen molar-refractivity contribution in [1.82, 2.24) is 4.98 Å². The fraction of sp³-hybridized carbons (Fsp3) is 0.333. The zero-order valence-electron chi connectivity index (χ0n) is 20.9. The number of aryl methyl sites for hydroxylation is 2. The summed E-state index contributed by atoms with van der Waals surface area (Å²) in [6, 6.07) is 14.2. The van der Waals surface area contributed by atoms with E-state index in [2.05, 4.69) is 56.3 Å². The van der Waals surface area contributed by atoms with Gasteiger partial charge in [-0.3, -0.25) is 4.79 Å². The summed E-state index contributed by atoms with van der Waals surface area (Å²) in [5.74, 6) is 1.45. The summed E-state index contributed by atoms with van der Waals surface area (Å²) in [6.07, 6.45) is 8.93. The van der Waals surface area contributed by atoms with Gasteiger partial charge < -0.3 is 14.3 Å². The number of allylic oxidation sites excluding steroid dienone is 4. The highest BCUT2D eigenvalue weighted by Crippen LogP contribution is 2.34. The van der Waals surface area contributed by atoms with Crippen LogP contribution in [0.25, 0.3) is 17.0 Å². The van der Waals surface area contributed by atoms with E-state index in [-0.39, 0.29) is 18.4 Å². The third-order valence-corrected chi connectivity index (χ3v) is 6.35. The average molecular weight is 472 g/mol. The lowest BCUT2D eigenvalue weighted by molar-refractivity contribution is -0.136. The second-order valence-corrected chi connectivity index (χ2v) is 9.40. The molecule has 1 aliphatic carbocycles. The van der Waals surface area contributed by atoms with Gasteiger partial charge in [0, 0.05) is 12.0 Å². The summed E-state index contributed by atoms with van der Waals surface area (Å²) in [5, 5.41) is 8.95. The molecule has 0 spiro atoms. The Hall–Kier alpha value is -3.60. The van der Waals surface area contributed by atoms with E-state index in [4.69, 9.17) is 19.2 Å². The van der Waals surface area contributed by atoms with Crippen LogP contribution in [0.3, 0.4) is 0 Å². The SMILES string of the molecule is Cc1cc(OC(C)c2oc(-c3ccc(C4=CC=CCC4)cc3)nc2C(C)C)ccc1CCC(=O)O. The topological polar surface area (TPSA) is 72.6 Å². The van der Waals surface area contributed by atoms with Gasteiger partial charge >= 0.3 is 5.97 Å². The molecule has 1 unspecified atom stereocenters. The molecule has 182 valence electrons. The maximum absolute atomic E-state index is 10.9. The van der Waals surface area contributed by atoms with Gasteiger partial charge in [-0.25, -0.2) is 4.98 Å². The predicted octanol–water partition coefficient (Wildman–Crippen LogP) is 7.66. The number of hydrogen-bond donors (Lipinski definition) is 1. The molecule has 1 heterocycles. The first-order chi connectivity index (χ1) is 16.8. The number of rotatable bonds is 9. The number of carboxylic acids is 1. The molecular weight excluding hydrogens is 438 g/mol. The zero-order chi connectivity index (χ0) is 24.9. The van der Waals surface area contributed by atoms with Gasteiger partial charge in [0.25, 0.3) is 0 Å². The van der Waals surface area contributed by atoms with Crippen LogP contribution in [-0.4, -0.2) is 16.1 Å². The molecule has 0 amide bonds. The number of aromatic nitrogens is 1. The van der Waals surface area contributed by atoms with Crippen LogP contribution in [0.4, 0.5) is 0 Å². The molecule has 5 heteroatoms. The molecule has 0 radical (unpaired) electrons. The maximum atomic E-state index is 10.9. The largest absolute Gasteiger partial charge is 0.483 e. The molecule has 1 aliphatic rings. The number of carboxylic acid groups (broad SMARTS) is 1. The van der Waals surface area contributed by atoms with Crippen LogP contribution >= 0.6 is 0 Å². The van der Waals surface area contributed by atoms with E-state index in [0.717, 1.165) is 46.7 Å². The Morgan fingerprint density at radius 2 is 1.86 bits per heavy atom. The number of aliphatic carboxylic acids is 1. The Bertz CT molecular complexity index is 1250. The fourth-order valence-corrected chi connectivity index (χ4v) is 4.36. The first kappa shape index (κ1) is 24.5. The minimum absolute atomic E-state index is 0.117. The molecule has 1 aromatic heterocycles. The van der Waals surface area contributed by atoms with E-state index >= 15 is 0 Å². The average Bonchev–Trinajstić information content (AvgIpc) is 3.30. The molecular formula is C30H33NO4. The van der Waals surface area contributed by atoms with Crippen LogP contribution in [-0.2, 0) is 11.2 Å². The Morgan fingerprint density at radius 3 is 2.49 bits per heavy atom. The standard InChI is InChI=1S/C30H33NO4/c1-19(2)28-29(21(4)34-26-16-14-22(20(3)18-26)15-17-27(32)33)35-30(31-28)25-12-10-24(11-13-25)23-8-6-5-7-9-23/h5-6,8,10-14,16,18-19,21H,7,9,15,17H2,1-4H3,(H,32,33). The van der Waals surface area contributed by atoms with Crippen LogP contribution in [0.15, 0.2) is 65.1 Å².